The molecule has 3 fully saturated rings. The Morgan fingerprint density at radius 3 is 1.72 bits per heavy atom. The van der Waals surface area contributed by atoms with Gasteiger partial charge in [-0.2, -0.15) is 5.46 Å². The molecular weight excluding hydrogens is 301 g/mol. The van der Waals surface area contributed by atoms with Crippen LogP contribution in [0.15, 0.2) is 30.3 Å². The van der Waals surface area contributed by atoms with Crippen LogP contribution in [0.3, 0.4) is 0 Å². The Balaban J connectivity index is 0.000000324. The Bertz CT molecular complexity index is 587. The molecule has 2 heteroatoms. The maximum absolute atomic E-state index is 3.93. The molecule has 0 unspecified atom stereocenters. The highest BCUT2D eigenvalue weighted by molar-refractivity contribution is 7.00. The molecule has 0 aromatic heterocycles. The van der Waals surface area contributed by atoms with Crippen LogP contribution < -0.4 is 5.46 Å². The third kappa shape index (κ3) is 4.70. The van der Waals surface area contributed by atoms with E-state index in [0.29, 0.717) is 0 Å². The smallest absolute Gasteiger partial charge is 0.103 e. The number of rotatable bonds is 1. The first-order valence-electron chi connectivity index (χ1n) is 10.4. The average Bonchev–Trinajstić information content (AvgIpc) is 3.36. The van der Waals surface area contributed by atoms with Crippen LogP contribution in [0.5, 0.6) is 0 Å². The van der Waals surface area contributed by atoms with Crippen molar-refractivity contribution in [1.82, 2.24) is 0 Å². The van der Waals surface area contributed by atoms with Crippen molar-refractivity contribution in [2.45, 2.75) is 63.0 Å². The summed E-state index contributed by atoms with van der Waals surface area (Å²) in [7, 11) is 8.50. The van der Waals surface area contributed by atoms with Gasteiger partial charge in [-0.05, 0) is 12.8 Å². The van der Waals surface area contributed by atoms with Gasteiger partial charge in [-0.25, -0.2) is 0 Å². The molecular formula is C23H36BN. The second-order valence-corrected chi connectivity index (χ2v) is 10.0. The lowest BCUT2D eigenvalue weighted by atomic mass is 9.07. The lowest BCUT2D eigenvalue weighted by Crippen LogP contribution is -2.58. The summed E-state index contributed by atoms with van der Waals surface area (Å²) in [6, 6.07) is 11.3. The minimum atomic E-state index is -0.608. The van der Waals surface area contributed by atoms with E-state index in [1.54, 1.807) is 5.46 Å². The lowest BCUT2D eigenvalue weighted by molar-refractivity contribution is -0.849. The van der Waals surface area contributed by atoms with Crippen LogP contribution in [0.1, 0.15) is 51.4 Å². The molecule has 1 aromatic carbocycles. The fraction of sp³-hybridized carbons (Fsp3) is 0.652. The summed E-state index contributed by atoms with van der Waals surface area (Å²) in [5, 5.41) is 0. The lowest BCUT2D eigenvalue weighted by Gasteiger charge is -2.57. The monoisotopic (exact) mass is 337 g/mol. The summed E-state index contributed by atoms with van der Waals surface area (Å²) >= 11 is 0. The van der Waals surface area contributed by atoms with Crippen molar-refractivity contribution in [3.63, 3.8) is 0 Å². The predicted octanol–water partition coefficient (Wildman–Crippen LogP) is 4.73. The van der Waals surface area contributed by atoms with E-state index in [9.17, 15) is 0 Å². The third-order valence-electron chi connectivity index (χ3n) is 6.24. The fourth-order valence-corrected chi connectivity index (χ4v) is 5.13. The van der Waals surface area contributed by atoms with Crippen molar-refractivity contribution in [2.24, 2.45) is 5.92 Å². The minimum Gasteiger partial charge on any atom is -0.333 e. The molecule has 1 aromatic rings. The van der Waals surface area contributed by atoms with Crippen LogP contribution >= 0.6 is 0 Å². The topological polar surface area (TPSA) is 0 Å². The van der Waals surface area contributed by atoms with E-state index in [4.69, 9.17) is 0 Å². The fourth-order valence-electron chi connectivity index (χ4n) is 5.13. The number of quaternary nitrogens is 1. The largest absolute Gasteiger partial charge is 0.333 e. The van der Waals surface area contributed by atoms with Crippen LogP contribution in [0.25, 0.3) is 0 Å². The Morgan fingerprint density at radius 2 is 1.28 bits per heavy atom. The first-order chi connectivity index (χ1) is 11.9. The van der Waals surface area contributed by atoms with E-state index in [2.05, 4.69) is 70.3 Å². The van der Waals surface area contributed by atoms with Gasteiger partial charge in [0.1, 0.15) is 6.15 Å². The van der Waals surface area contributed by atoms with Gasteiger partial charge in [-0.3, -0.25) is 0 Å². The summed E-state index contributed by atoms with van der Waals surface area (Å²) < 4.78 is 1.00. The van der Waals surface area contributed by atoms with Gasteiger partial charge in [0.2, 0.25) is 0 Å². The van der Waals surface area contributed by atoms with Gasteiger partial charge in [0.25, 0.3) is 0 Å². The number of fused-ring (bicyclic) bond motifs is 2. The van der Waals surface area contributed by atoms with Crippen LogP contribution in [-0.4, -0.2) is 38.8 Å². The quantitative estimate of drug-likeness (QED) is 0.395. The molecule has 136 valence electrons. The van der Waals surface area contributed by atoms with Crippen molar-refractivity contribution in [1.29, 1.82) is 0 Å². The summed E-state index contributed by atoms with van der Waals surface area (Å²) in [5.41, 5.74) is 1.58. The van der Waals surface area contributed by atoms with Crippen LogP contribution in [0.2, 0.25) is 11.6 Å². The molecule has 0 N–H and O–H groups in total. The van der Waals surface area contributed by atoms with Gasteiger partial charge in [-0.1, -0.05) is 68.9 Å². The summed E-state index contributed by atoms with van der Waals surface area (Å²) in [6.07, 6.45) is 10.7. The zero-order chi connectivity index (χ0) is 17.9. The van der Waals surface area contributed by atoms with Crippen molar-refractivity contribution in [3.8, 4) is 11.7 Å². The average molecular weight is 337 g/mol. The first-order valence-corrected chi connectivity index (χ1v) is 10.4. The van der Waals surface area contributed by atoms with Gasteiger partial charge >= 0.3 is 0 Å². The summed E-state index contributed by atoms with van der Waals surface area (Å²) in [5.74, 6) is 10.1. The molecule has 0 atom stereocenters. The molecule has 1 nitrogen and oxygen atoms in total. The Kier molecular flexibility index (Phi) is 5.64. The van der Waals surface area contributed by atoms with Gasteiger partial charge in [0.15, 0.2) is 0 Å². The van der Waals surface area contributed by atoms with Crippen LogP contribution in [-0.2, 0) is 0 Å². The molecule has 0 radical (unpaired) electrons. The summed E-state index contributed by atoms with van der Waals surface area (Å²) in [4.78, 5) is 0. The van der Waals surface area contributed by atoms with Crippen LogP contribution in [0.4, 0.5) is 0 Å². The van der Waals surface area contributed by atoms with Crippen molar-refractivity contribution in [3.05, 3.63) is 30.3 Å². The summed E-state index contributed by atoms with van der Waals surface area (Å²) in [6.45, 7) is 0. The number of hydrogen-bond donors (Lipinski definition) is 0. The molecule has 2 heterocycles. The molecule has 4 rings (SSSR count). The third-order valence-corrected chi connectivity index (χ3v) is 6.24. The molecule has 3 aliphatic rings. The van der Waals surface area contributed by atoms with Crippen molar-refractivity contribution < 1.29 is 4.48 Å². The zero-order valence-electron chi connectivity index (χ0n) is 16.8. The SMILES string of the molecule is C(#C[B-]1(c2ccccc2)C2CCCC1CCC2)C1CC1.C[N+](C)(C)C. The first kappa shape index (κ1) is 18.6. The molecule has 0 spiro atoms. The van der Waals surface area contributed by atoms with E-state index >= 15 is 0 Å². The maximum atomic E-state index is 3.93. The Labute approximate surface area is 155 Å². The highest BCUT2D eigenvalue weighted by Crippen LogP contribution is 2.52. The van der Waals surface area contributed by atoms with Crippen molar-refractivity contribution >= 4 is 11.6 Å². The maximum Gasteiger partial charge on any atom is 0.103 e. The normalized spacial score (nSPS) is 31.2. The molecule has 25 heavy (non-hydrogen) atoms. The second kappa shape index (κ2) is 7.59. The van der Waals surface area contributed by atoms with Gasteiger partial charge in [0.05, 0.1) is 28.2 Å². The zero-order valence-corrected chi connectivity index (χ0v) is 16.8. The number of nitrogens with zero attached hydrogens (tertiary/aromatic N) is 1. The van der Waals surface area contributed by atoms with Gasteiger partial charge in [0, 0.05) is 5.92 Å². The van der Waals surface area contributed by atoms with E-state index < -0.39 is 6.15 Å². The molecule has 1 aliphatic carbocycles. The number of benzene rings is 1. The van der Waals surface area contributed by atoms with Crippen LogP contribution in [0, 0.1) is 17.7 Å². The molecule has 2 saturated heterocycles. The van der Waals surface area contributed by atoms with E-state index in [0.717, 1.165) is 22.0 Å². The highest BCUT2D eigenvalue weighted by Gasteiger charge is 2.44. The predicted molar refractivity (Wildman–Crippen MR) is 111 cm³/mol. The minimum absolute atomic E-state index is 0.608. The highest BCUT2D eigenvalue weighted by atomic mass is 15.2. The Hall–Kier alpha value is -1.20. The Morgan fingerprint density at radius 1 is 0.800 bits per heavy atom. The van der Waals surface area contributed by atoms with Crippen molar-refractivity contribution in [2.75, 3.05) is 28.2 Å². The molecule has 1 saturated carbocycles. The van der Waals surface area contributed by atoms with Gasteiger partial charge in [-0.15, -0.1) is 17.6 Å². The van der Waals surface area contributed by atoms with Gasteiger partial charge < -0.3 is 10.3 Å². The second-order valence-electron chi connectivity index (χ2n) is 10.0. The standard InChI is InChI=1S/C19H24B.C4H12N/c1-2-6-17(7-3-1)20(15-14-16-12-13-16)18-8-4-9-19(20)11-5-10-18;1-5(2,3)4/h1-3,6-7,16,18-19H,4-5,8-13H2;1-4H3/q-1;+1. The molecule has 2 aliphatic heterocycles. The van der Waals surface area contributed by atoms with E-state index in [-0.39, 0.29) is 0 Å². The van der Waals surface area contributed by atoms with E-state index in [1.165, 1.54) is 51.4 Å². The number of hydrogen-bond acceptors (Lipinski definition) is 0. The van der Waals surface area contributed by atoms with E-state index in [1.807, 2.05) is 0 Å². The molecule has 2 bridgehead atoms. The molecule has 0 amide bonds.